The van der Waals surface area contributed by atoms with E-state index < -0.39 is 29.9 Å². The summed E-state index contributed by atoms with van der Waals surface area (Å²) in [5, 5.41) is 3.16. The first kappa shape index (κ1) is 31.3. The van der Waals surface area contributed by atoms with Crippen LogP contribution in [0.4, 0.5) is 11.6 Å². The van der Waals surface area contributed by atoms with E-state index >= 15 is 0 Å². The van der Waals surface area contributed by atoms with Gasteiger partial charge < -0.3 is 30.0 Å². The number of nitrogens with two attached hydrogens (primary N) is 1. The van der Waals surface area contributed by atoms with Crippen molar-refractivity contribution in [3.8, 4) is 0 Å². The van der Waals surface area contributed by atoms with Gasteiger partial charge in [-0.3, -0.25) is 13.9 Å². The molecule has 1 amide bonds. The van der Waals surface area contributed by atoms with Gasteiger partial charge in [0.25, 0.3) is 0 Å². The van der Waals surface area contributed by atoms with Crippen LogP contribution in [0.5, 0.6) is 0 Å². The summed E-state index contributed by atoms with van der Waals surface area (Å²) >= 11 is 5.80. The lowest BCUT2D eigenvalue weighted by atomic mass is 10.2. The predicted octanol–water partition coefficient (Wildman–Crippen LogP) is 1.61. The molecule has 0 aliphatic heterocycles. The Labute approximate surface area is 229 Å². The van der Waals surface area contributed by atoms with Crippen molar-refractivity contribution in [3.63, 3.8) is 0 Å². The van der Waals surface area contributed by atoms with E-state index in [1.807, 2.05) is 0 Å². The lowest BCUT2D eigenvalue weighted by molar-refractivity contribution is -0.112. The van der Waals surface area contributed by atoms with Gasteiger partial charge in [-0.05, 0) is 35.9 Å². The summed E-state index contributed by atoms with van der Waals surface area (Å²) in [6, 6.07) is 10.1. The number of carbonyl (C=O) groups is 1. The Bertz CT molecular complexity index is 1340. The molecular weight excluding hydrogens is 532 g/mol. The first-order chi connectivity index (χ1) is 18.7. The molecule has 2 aromatic heterocycles. The molecule has 13 nitrogen and oxygen atoms in total. The first-order valence-corrected chi connectivity index (χ1v) is 11.8. The van der Waals surface area contributed by atoms with E-state index in [4.69, 9.17) is 36.3 Å². The molecule has 2 heterocycles. The lowest BCUT2D eigenvalue weighted by Gasteiger charge is -2.14. The van der Waals surface area contributed by atoms with Gasteiger partial charge in [0.15, 0.2) is 12.6 Å². The number of rotatable bonds is 11. The summed E-state index contributed by atoms with van der Waals surface area (Å²) < 4.78 is 22.7. The van der Waals surface area contributed by atoms with Crippen LogP contribution in [0.1, 0.15) is 5.56 Å². The van der Waals surface area contributed by atoms with Crippen molar-refractivity contribution in [3.05, 3.63) is 86.4 Å². The second kappa shape index (κ2) is 16.2. The zero-order valence-electron chi connectivity index (χ0n) is 21.9. The van der Waals surface area contributed by atoms with E-state index in [0.29, 0.717) is 11.6 Å². The van der Waals surface area contributed by atoms with E-state index in [2.05, 4.69) is 15.3 Å². The SMILES string of the molecule is COC(Cn1ccc(N)nc1=O)OC.COC(Cn1ccc(NC(=O)/C=C/c2ccc(Cl)cc2)nc1=O)OC. The third-order valence-electron chi connectivity index (χ3n) is 5.06. The second-order valence-corrected chi connectivity index (χ2v) is 8.15. The summed E-state index contributed by atoms with van der Waals surface area (Å²) in [5.74, 6) is -0.0257. The molecule has 1 aromatic carbocycles. The fraction of sp³-hybridized carbons (Fsp3) is 0.320. The Morgan fingerprint density at radius 2 is 1.41 bits per heavy atom. The van der Waals surface area contributed by atoms with Gasteiger partial charge in [-0.1, -0.05) is 23.7 Å². The summed E-state index contributed by atoms with van der Waals surface area (Å²) in [5.41, 5.74) is 5.24. The van der Waals surface area contributed by atoms with Crippen LogP contribution < -0.4 is 22.4 Å². The van der Waals surface area contributed by atoms with Gasteiger partial charge in [0, 0.05) is 51.9 Å². The fourth-order valence-electron chi connectivity index (χ4n) is 2.94. The van der Waals surface area contributed by atoms with Gasteiger partial charge in [-0.25, -0.2) is 9.59 Å². The smallest absolute Gasteiger partial charge is 0.349 e. The van der Waals surface area contributed by atoms with Crippen molar-refractivity contribution < 1.29 is 23.7 Å². The van der Waals surface area contributed by atoms with Crippen LogP contribution in [0.15, 0.2) is 64.5 Å². The topological polar surface area (TPSA) is 162 Å². The molecule has 0 aliphatic rings. The van der Waals surface area contributed by atoms with Crippen LogP contribution in [-0.4, -0.2) is 66.0 Å². The molecule has 0 aliphatic carbocycles. The molecule has 3 aromatic rings. The van der Waals surface area contributed by atoms with Crippen molar-refractivity contribution in [2.75, 3.05) is 39.5 Å². The number of ether oxygens (including phenoxy) is 4. The third-order valence-corrected chi connectivity index (χ3v) is 5.31. The predicted molar refractivity (Wildman–Crippen MR) is 146 cm³/mol. The van der Waals surface area contributed by atoms with Crippen molar-refractivity contribution in [2.45, 2.75) is 25.7 Å². The van der Waals surface area contributed by atoms with Gasteiger partial charge in [0.05, 0.1) is 13.1 Å². The molecule has 39 heavy (non-hydrogen) atoms. The number of anilines is 2. The summed E-state index contributed by atoms with van der Waals surface area (Å²) in [6.07, 6.45) is 5.03. The highest BCUT2D eigenvalue weighted by Crippen LogP contribution is 2.10. The average Bonchev–Trinajstić information content (AvgIpc) is 2.92. The van der Waals surface area contributed by atoms with Crippen LogP contribution in [0.25, 0.3) is 6.08 Å². The number of benzene rings is 1. The van der Waals surface area contributed by atoms with E-state index in [1.54, 1.807) is 42.6 Å². The monoisotopic (exact) mass is 562 g/mol. The lowest BCUT2D eigenvalue weighted by Crippen LogP contribution is -2.30. The van der Waals surface area contributed by atoms with E-state index in [9.17, 15) is 14.4 Å². The summed E-state index contributed by atoms with van der Waals surface area (Å²) in [7, 11) is 5.97. The van der Waals surface area contributed by atoms with E-state index in [-0.39, 0.29) is 18.2 Å². The molecule has 0 saturated heterocycles. The number of amides is 1. The zero-order chi connectivity index (χ0) is 28.8. The van der Waals surface area contributed by atoms with Crippen LogP contribution >= 0.6 is 11.6 Å². The number of hydrogen-bond acceptors (Lipinski definition) is 10. The minimum atomic E-state index is -0.553. The minimum Gasteiger partial charge on any atom is -0.383 e. The number of halogens is 1. The number of methoxy groups -OCH3 is 4. The van der Waals surface area contributed by atoms with Gasteiger partial charge in [0.2, 0.25) is 5.91 Å². The number of nitrogens with zero attached hydrogens (tertiary/aromatic N) is 4. The van der Waals surface area contributed by atoms with Gasteiger partial charge in [0.1, 0.15) is 11.6 Å². The summed E-state index contributed by atoms with van der Waals surface area (Å²) in [6.45, 7) is 0.489. The largest absolute Gasteiger partial charge is 0.383 e. The zero-order valence-corrected chi connectivity index (χ0v) is 22.7. The van der Waals surface area contributed by atoms with Crippen molar-refractivity contribution in [1.82, 2.24) is 19.1 Å². The molecule has 0 radical (unpaired) electrons. The molecule has 0 bridgehead atoms. The molecule has 0 spiro atoms. The van der Waals surface area contributed by atoms with Gasteiger partial charge in [-0.15, -0.1) is 0 Å². The first-order valence-electron chi connectivity index (χ1n) is 11.4. The molecule has 0 unspecified atom stereocenters. The summed E-state index contributed by atoms with van der Waals surface area (Å²) in [4.78, 5) is 42.5. The third kappa shape index (κ3) is 10.8. The van der Waals surface area contributed by atoms with Gasteiger partial charge >= 0.3 is 11.4 Å². The molecule has 210 valence electrons. The van der Waals surface area contributed by atoms with Crippen LogP contribution in [0.3, 0.4) is 0 Å². The van der Waals surface area contributed by atoms with E-state index in [0.717, 1.165) is 5.56 Å². The quantitative estimate of drug-likeness (QED) is 0.259. The normalized spacial score (nSPS) is 11.1. The standard InChI is InChI=1S/C17H18ClN3O4.C8H13N3O3/c1-24-16(25-2)11-21-10-9-14(20-17(21)23)19-15(22)8-5-12-3-6-13(18)7-4-12;1-13-7(14-2)5-11-4-3-6(9)10-8(11)12/h3-10,16H,11H2,1-2H3,(H,19,20,22,23);3-4,7H,5H2,1-2H3,(H2,9,10,12)/b8-5+;. The van der Waals surface area contributed by atoms with Crippen molar-refractivity contribution in [1.29, 1.82) is 0 Å². The Kier molecular flexibility index (Phi) is 13.0. The molecular formula is C25H31ClN6O7. The fourth-order valence-corrected chi connectivity index (χ4v) is 3.07. The molecule has 0 atom stereocenters. The van der Waals surface area contributed by atoms with Gasteiger partial charge in [-0.2, -0.15) is 9.97 Å². The Morgan fingerprint density at radius 1 is 0.897 bits per heavy atom. The highest BCUT2D eigenvalue weighted by Gasteiger charge is 2.09. The number of carbonyl (C=O) groups excluding carboxylic acids is 1. The second-order valence-electron chi connectivity index (χ2n) is 7.71. The maximum Gasteiger partial charge on any atom is 0.349 e. The van der Waals surface area contributed by atoms with Crippen molar-refractivity contribution in [2.24, 2.45) is 0 Å². The highest BCUT2D eigenvalue weighted by molar-refractivity contribution is 6.30. The molecule has 14 heteroatoms. The molecule has 0 saturated carbocycles. The Hall–Kier alpha value is -3.88. The minimum absolute atomic E-state index is 0.165. The molecule has 3 N–H and O–H groups in total. The highest BCUT2D eigenvalue weighted by atomic mass is 35.5. The van der Waals surface area contributed by atoms with Crippen LogP contribution in [0, 0.1) is 0 Å². The maximum absolute atomic E-state index is 12.0. The maximum atomic E-state index is 12.0. The Morgan fingerprint density at radius 3 is 1.90 bits per heavy atom. The molecule has 0 fully saturated rings. The number of hydrogen-bond donors (Lipinski definition) is 2. The Balaban J connectivity index is 0.000000322. The number of nitrogen functional groups attached to an aromatic ring is 1. The number of nitrogens with one attached hydrogen (secondary N) is 1. The van der Waals surface area contributed by atoms with Crippen molar-refractivity contribution >= 4 is 35.2 Å². The molecule has 3 rings (SSSR count). The van der Waals surface area contributed by atoms with Crippen LogP contribution in [0.2, 0.25) is 5.02 Å². The van der Waals surface area contributed by atoms with E-state index in [1.165, 1.54) is 55.9 Å². The number of aromatic nitrogens is 4. The average molecular weight is 563 g/mol. The van der Waals surface area contributed by atoms with Crippen LogP contribution in [-0.2, 0) is 36.8 Å².